The van der Waals surface area contributed by atoms with Crippen molar-refractivity contribution in [3.8, 4) is 5.75 Å². The van der Waals surface area contributed by atoms with Crippen LogP contribution in [0.1, 0.15) is 72.1 Å². The molecule has 0 amide bonds. The summed E-state index contributed by atoms with van der Waals surface area (Å²) in [6.07, 6.45) is 2.42. The van der Waals surface area contributed by atoms with Gasteiger partial charge in [-0.05, 0) is 39.4 Å². The molecule has 0 fully saturated rings. The van der Waals surface area contributed by atoms with Crippen LogP contribution in [-0.2, 0) is 22.0 Å². The summed E-state index contributed by atoms with van der Waals surface area (Å²) in [4.78, 5) is 14.1. The van der Waals surface area contributed by atoms with Crippen molar-refractivity contribution in [2.24, 2.45) is 10.4 Å². The van der Waals surface area contributed by atoms with E-state index in [9.17, 15) is 9.90 Å². The third-order valence-electron chi connectivity index (χ3n) is 4.04. The zero-order chi connectivity index (χ0) is 18.1. The largest absolute Gasteiger partial charge is 0.507 e. The van der Waals surface area contributed by atoms with Gasteiger partial charge in [-0.25, -0.2) is 9.79 Å². The lowest BCUT2D eigenvalue weighted by atomic mass is 9.76. The Labute approximate surface area is 140 Å². The number of rotatable bonds is 4. The van der Waals surface area contributed by atoms with Gasteiger partial charge >= 0.3 is 0 Å². The minimum Gasteiger partial charge on any atom is -0.507 e. The number of aliphatic imine (C=N–C) groups is 1. The van der Waals surface area contributed by atoms with E-state index in [4.69, 9.17) is 0 Å². The van der Waals surface area contributed by atoms with Crippen molar-refractivity contribution in [3.63, 3.8) is 0 Å². The van der Waals surface area contributed by atoms with Gasteiger partial charge in [-0.2, -0.15) is 0 Å². The Morgan fingerprint density at radius 1 is 0.957 bits per heavy atom. The highest BCUT2D eigenvalue weighted by Crippen LogP contribution is 2.40. The third kappa shape index (κ3) is 5.21. The fourth-order valence-electron chi connectivity index (χ4n) is 2.79. The van der Waals surface area contributed by atoms with Crippen molar-refractivity contribution in [3.05, 3.63) is 28.8 Å². The Balaban J connectivity index is 3.42. The van der Waals surface area contributed by atoms with Crippen LogP contribution in [0, 0.1) is 5.41 Å². The Kier molecular flexibility index (Phi) is 5.49. The van der Waals surface area contributed by atoms with Crippen LogP contribution in [-0.4, -0.2) is 17.7 Å². The first kappa shape index (κ1) is 19.4. The molecule has 0 atom stereocenters. The minimum atomic E-state index is -0.134. The molecular formula is C20H31NO2. The molecule has 1 N–H and O–H groups in total. The Morgan fingerprint density at radius 2 is 1.39 bits per heavy atom. The first-order valence-corrected chi connectivity index (χ1v) is 8.18. The molecule has 0 radical (unpaired) electrons. The highest BCUT2D eigenvalue weighted by atomic mass is 16.3. The van der Waals surface area contributed by atoms with Crippen LogP contribution in [0.25, 0.3) is 0 Å². The van der Waals surface area contributed by atoms with Crippen LogP contribution in [0.2, 0.25) is 0 Å². The molecule has 0 spiro atoms. The maximum Gasteiger partial charge on any atom is 0.234 e. The minimum absolute atomic E-state index is 0.126. The SMILES string of the molecule is CC(C)(CN=C=O)Cc1cc(C(C)(C)C)c(O)c(C(C)(C)C)c1. The van der Waals surface area contributed by atoms with Gasteiger partial charge in [-0.3, -0.25) is 0 Å². The van der Waals surface area contributed by atoms with E-state index >= 15 is 0 Å². The third-order valence-corrected chi connectivity index (χ3v) is 4.04. The number of aromatic hydroxyl groups is 1. The predicted molar refractivity (Wildman–Crippen MR) is 96.0 cm³/mol. The molecule has 1 aromatic carbocycles. The first-order valence-electron chi connectivity index (χ1n) is 8.18. The average Bonchev–Trinajstić information content (AvgIpc) is 2.35. The summed E-state index contributed by atoms with van der Waals surface area (Å²) in [5.41, 5.74) is 2.71. The lowest BCUT2D eigenvalue weighted by Gasteiger charge is -2.30. The molecule has 23 heavy (non-hydrogen) atoms. The average molecular weight is 317 g/mol. The van der Waals surface area contributed by atoms with Gasteiger partial charge in [0.1, 0.15) is 5.75 Å². The summed E-state index contributed by atoms with van der Waals surface area (Å²) in [7, 11) is 0. The van der Waals surface area contributed by atoms with E-state index < -0.39 is 0 Å². The fraction of sp³-hybridized carbons (Fsp3) is 0.650. The van der Waals surface area contributed by atoms with Crippen molar-refractivity contribution >= 4 is 6.08 Å². The van der Waals surface area contributed by atoms with Crippen LogP contribution in [0.5, 0.6) is 5.75 Å². The zero-order valence-electron chi connectivity index (χ0n) is 15.9. The zero-order valence-corrected chi connectivity index (χ0v) is 15.9. The molecule has 0 saturated heterocycles. The second-order valence-corrected chi connectivity index (χ2v) is 9.29. The molecule has 128 valence electrons. The number of hydrogen-bond donors (Lipinski definition) is 1. The lowest BCUT2D eigenvalue weighted by molar-refractivity contribution is 0.374. The van der Waals surface area contributed by atoms with E-state index in [1.807, 2.05) is 0 Å². The molecule has 0 aliphatic heterocycles. The molecule has 0 aliphatic rings. The molecule has 0 saturated carbocycles. The maximum atomic E-state index is 10.8. The van der Waals surface area contributed by atoms with Gasteiger partial charge in [-0.15, -0.1) is 0 Å². The normalized spacial score (nSPS) is 12.9. The molecule has 1 aromatic rings. The molecule has 3 nitrogen and oxygen atoms in total. The number of phenols is 1. The van der Waals surface area contributed by atoms with Crippen molar-refractivity contribution in [1.82, 2.24) is 0 Å². The molecule has 0 aromatic heterocycles. The number of nitrogens with zero attached hydrogens (tertiary/aromatic N) is 1. The first-order chi connectivity index (χ1) is 10.3. The van der Waals surface area contributed by atoms with Crippen molar-refractivity contribution < 1.29 is 9.90 Å². The molecular weight excluding hydrogens is 286 g/mol. The standard InChI is InChI=1S/C20H31NO2/c1-18(2,3)15-9-14(11-20(7,8)12-21-13-22)10-16(17(15)23)19(4,5)6/h9-10,23H,11-12H2,1-8H3. The Hall–Kier alpha value is -1.60. The predicted octanol–water partition coefficient (Wildman–Crippen LogP) is 4.89. The fourth-order valence-corrected chi connectivity index (χ4v) is 2.79. The smallest absolute Gasteiger partial charge is 0.234 e. The van der Waals surface area contributed by atoms with Crippen LogP contribution >= 0.6 is 0 Å². The maximum absolute atomic E-state index is 10.8. The topological polar surface area (TPSA) is 49.7 Å². The highest BCUT2D eigenvalue weighted by molar-refractivity contribution is 5.50. The van der Waals surface area contributed by atoms with Gasteiger partial charge in [0, 0.05) is 0 Å². The molecule has 3 heteroatoms. The molecule has 0 heterocycles. The summed E-state index contributed by atoms with van der Waals surface area (Å²) in [6, 6.07) is 4.19. The molecule has 1 rings (SSSR count). The Bertz CT molecular complexity index is 575. The number of benzene rings is 1. The second-order valence-electron chi connectivity index (χ2n) is 9.29. The summed E-state index contributed by atoms with van der Waals surface area (Å²) >= 11 is 0. The molecule has 0 unspecified atom stereocenters. The summed E-state index contributed by atoms with van der Waals surface area (Å²) in [6.45, 7) is 17.3. The monoisotopic (exact) mass is 317 g/mol. The van der Waals surface area contributed by atoms with Crippen molar-refractivity contribution in [2.75, 3.05) is 6.54 Å². The quantitative estimate of drug-likeness (QED) is 0.635. The van der Waals surface area contributed by atoms with E-state index in [1.54, 1.807) is 6.08 Å². The number of phenolic OH excluding ortho intramolecular Hbond substituents is 1. The van der Waals surface area contributed by atoms with E-state index in [0.717, 1.165) is 17.5 Å². The van der Waals surface area contributed by atoms with Gasteiger partial charge in [0.05, 0.1) is 6.54 Å². The van der Waals surface area contributed by atoms with Gasteiger partial charge in [0.15, 0.2) is 0 Å². The van der Waals surface area contributed by atoms with Crippen LogP contribution in [0.4, 0.5) is 0 Å². The lowest BCUT2D eigenvalue weighted by Crippen LogP contribution is -2.22. The summed E-state index contributed by atoms with van der Waals surface area (Å²) in [5, 5.41) is 10.8. The van der Waals surface area contributed by atoms with E-state index in [1.165, 1.54) is 5.56 Å². The van der Waals surface area contributed by atoms with Crippen molar-refractivity contribution in [1.29, 1.82) is 0 Å². The highest BCUT2D eigenvalue weighted by Gasteiger charge is 2.28. The molecule has 0 bridgehead atoms. The second kappa shape index (κ2) is 6.49. The molecule has 0 aliphatic carbocycles. The van der Waals surface area contributed by atoms with Crippen LogP contribution in [0.15, 0.2) is 17.1 Å². The van der Waals surface area contributed by atoms with E-state index in [2.05, 4.69) is 72.5 Å². The number of hydrogen-bond acceptors (Lipinski definition) is 3. The van der Waals surface area contributed by atoms with Crippen molar-refractivity contribution in [2.45, 2.75) is 72.6 Å². The van der Waals surface area contributed by atoms with Gasteiger partial charge in [-0.1, -0.05) is 67.5 Å². The van der Waals surface area contributed by atoms with Crippen LogP contribution in [0.3, 0.4) is 0 Å². The van der Waals surface area contributed by atoms with E-state index in [-0.39, 0.29) is 16.2 Å². The van der Waals surface area contributed by atoms with Gasteiger partial charge in [0.2, 0.25) is 6.08 Å². The number of carbonyl (C=O) groups excluding carboxylic acids is 1. The van der Waals surface area contributed by atoms with E-state index in [0.29, 0.717) is 12.3 Å². The summed E-state index contributed by atoms with van der Waals surface area (Å²) < 4.78 is 0. The Morgan fingerprint density at radius 3 is 1.74 bits per heavy atom. The number of isocyanates is 1. The summed E-state index contributed by atoms with van der Waals surface area (Å²) in [5.74, 6) is 0.400. The van der Waals surface area contributed by atoms with Gasteiger partial charge < -0.3 is 5.11 Å². The van der Waals surface area contributed by atoms with Gasteiger partial charge in [0.25, 0.3) is 0 Å². The van der Waals surface area contributed by atoms with Crippen LogP contribution < -0.4 is 0 Å².